The molecule has 0 atom stereocenters. The van der Waals surface area contributed by atoms with Crippen LogP contribution in [-0.4, -0.2) is 9.97 Å². The van der Waals surface area contributed by atoms with Crippen LogP contribution in [0.5, 0.6) is 0 Å². The van der Waals surface area contributed by atoms with Crippen LogP contribution in [0.3, 0.4) is 0 Å². The summed E-state index contributed by atoms with van der Waals surface area (Å²) in [6, 6.07) is 7.80. The maximum absolute atomic E-state index is 13.6. The Labute approximate surface area is 114 Å². The molecule has 1 aromatic carbocycles. The number of benzene rings is 1. The summed E-state index contributed by atoms with van der Waals surface area (Å²) >= 11 is 10.8. The molecule has 2 aromatic rings. The van der Waals surface area contributed by atoms with Gasteiger partial charge in [0, 0.05) is 6.20 Å². The first-order valence-corrected chi connectivity index (χ1v) is 5.84. The minimum Gasteiger partial charge on any atom is -0.389 e. The number of aromatic nitrogens is 1. The summed E-state index contributed by atoms with van der Waals surface area (Å²) in [5.41, 5.74) is 6.25. The highest BCUT2D eigenvalue weighted by atomic mass is 35.5. The number of halogens is 2. The van der Waals surface area contributed by atoms with Crippen LogP contribution in [0.4, 0.5) is 15.9 Å². The molecule has 3 N–H and O–H groups in total. The Hall–Kier alpha value is -1.72. The van der Waals surface area contributed by atoms with Crippen LogP contribution in [0.25, 0.3) is 0 Å². The number of hydrogen-bond donors (Lipinski definition) is 2. The number of para-hydroxylation sites is 1. The molecule has 3 nitrogen and oxygen atoms in total. The third kappa shape index (κ3) is 2.57. The number of thiocarbonyl (C=S) groups is 1. The summed E-state index contributed by atoms with van der Waals surface area (Å²) in [6.07, 6.45) is 1.55. The smallest absolute Gasteiger partial charge is 0.148 e. The third-order valence-corrected chi connectivity index (χ3v) is 2.81. The standard InChI is InChI=1S/C12H9ClFN3S/c13-8-4-1-5-9(14)10(8)17-12-7(11(15)18)3-2-6-16-12/h1-6H,(H2,15,18)(H,16,17). The molecule has 18 heavy (non-hydrogen) atoms. The molecule has 0 bridgehead atoms. The van der Waals surface area contributed by atoms with Crippen molar-refractivity contribution in [2.45, 2.75) is 0 Å². The van der Waals surface area contributed by atoms with Crippen LogP contribution in [0.1, 0.15) is 5.56 Å². The fraction of sp³-hybridized carbons (Fsp3) is 0. The van der Waals surface area contributed by atoms with Crippen molar-refractivity contribution in [1.29, 1.82) is 0 Å². The van der Waals surface area contributed by atoms with Crippen LogP contribution in [0.15, 0.2) is 36.5 Å². The first kappa shape index (κ1) is 12.7. The van der Waals surface area contributed by atoms with E-state index in [2.05, 4.69) is 10.3 Å². The highest BCUT2D eigenvalue weighted by molar-refractivity contribution is 7.80. The number of rotatable bonds is 3. The Balaban J connectivity index is 2.43. The van der Waals surface area contributed by atoms with Crippen molar-refractivity contribution in [2.75, 3.05) is 5.32 Å². The molecule has 0 radical (unpaired) electrons. The van der Waals surface area contributed by atoms with Crippen molar-refractivity contribution < 1.29 is 4.39 Å². The molecule has 0 saturated heterocycles. The summed E-state index contributed by atoms with van der Waals surface area (Å²) in [5.74, 6) is -0.0981. The molecular weight excluding hydrogens is 273 g/mol. The van der Waals surface area contributed by atoms with Gasteiger partial charge in [0.25, 0.3) is 0 Å². The average molecular weight is 282 g/mol. The minimum atomic E-state index is -0.470. The van der Waals surface area contributed by atoms with Crippen LogP contribution in [0.2, 0.25) is 5.02 Å². The van der Waals surface area contributed by atoms with Gasteiger partial charge in [0.05, 0.1) is 16.3 Å². The maximum atomic E-state index is 13.6. The number of nitrogens with two attached hydrogens (primary N) is 1. The average Bonchev–Trinajstić information content (AvgIpc) is 2.34. The second kappa shape index (κ2) is 5.29. The Morgan fingerprint density at radius 3 is 2.78 bits per heavy atom. The van der Waals surface area contributed by atoms with Crippen LogP contribution in [0, 0.1) is 5.82 Å². The van der Waals surface area contributed by atoms with Gasteiger partial charge in [-0.05, 0) is 24.3 Å². The van der Waals surface area contributed by atoms with Crippen molar-refractivity contribution in [1.82, 2.24) is 4.98 Å². The lowest BCUT2D eigenvalue weighted by atomic mass is 10.2. The Bertz CT molecular complexity index is 583. The summed E-state index contributed by atoms with van der Waals surface area (Å²) in [7, 11) is 0. The zero-order chi connectivity index (χ0) is 13.1. The van der Waals surface area contributed by atoms with Gasteiger partial charge in [-0.15, -0.1) is 0 Å². The lowest BCUT2D eigenvalue weighted by molar-refractivity contribution is 0.632. The quantitative estimate of drug-likeness (QED) is 0.848. The van der Waals surface area contributed by atoms with E-state index in [1.807, 2.05) is 0 Å². The molecule has 2 rings (SSSR count). The second-order valence-corrected chi connectivity index (χ2v) is 4.33. The molecule has 1 aromatic heterocycles. The van der Waals surface area contributed by atoms with Gasteiger partial charge in [-0.3, -0.25) is 0 Å². The molecule has 0 amide bonds. The van der Waals surface area contributed by atoms with E-state index in [-0.39, 0.29) is 15.7 Å². The molecule has 1 heterocycles. The Morgan fingerprint density at radius 2 is 2.11 bits per heavy atom. The predicted octanol–water partition coefficient (Wildman–Crippen LogP) is 3.25. The lowest BCUT2D eigenvalue weighted by Crippen LogP contribution is -2.13. The largest absolute Gasteiger partial charge is 0.389 e. The van der Waals surface area contributed by atoms with E-state index >= 15 is 0 Å². The van der Waals surface area contributed by atoms with Gasteiger partial charge < -0.3 is 11.1 Å². The third-order valence-electron chi connectivity index (χ3n) is 2.28. The number of anilines is 2. The van der Waals surface area contributed by atoms with Gasteiger partial charge in [0.2, 0.25) is 0 Å². The number of hydrogen-bond acceptors (Lipinski definition) is 3. The van der Waals surface area contributed by atoms with Gasteiger partial charge >= 0.3 is 0 Å². The SMILES string of the molecule is NC(=S)c1cccnc1Nc1c(F)cccc1Cl. The first-order valence-electron chi connectivity index (χ1n) is 5.05. The van der Waals surface area contributed by atoms with E-state index in [4.69, 9.17) is 29.6 Å². The van der Waals surface area contributed by atoms with Crippen molar-refractivity contribution in [2.24, 2.45) is 5.73 Å². The minimum absolute atomic E-state index is 0.148. The summed E-state index contributed by atoms with van der Waals surface area (Å²) in [6.45, 7) is 0. The van der Waals surface area contributed by atoms with Gasteiger partial charge in [-0.25, -0.2) is 9.37 Å². The van der Waals surface area contributed by atoms with Crippen LogP contribution >= 0.6 is 23.8 Å². The topological polar surface area (TPSA) is 50.9 Å². The van der Waals surface area contributed by atoms with Crippen LogP contribution < -0.4 is 11.1 Å². The van der Waals surface area contributed by atoms with Gasteiger partial charge in [-0.1, -0.05) is 29.9 Å². The van der Waals surface area contributed by atoms with Gasteiger partial charge in [0.15, 0.2) is 0 Å². The highest BCUT2D eigenvalue weighted by Crippen LogP contribution is 2.28. The van der Waals surface area contributed by atoms with Gasteiger partial charge in [0.1, 0.15) is 16.6 Å². The van der Waals surface area contributed by atoms with E-state index in [0.717, 1.165) is 0 Å². The molecule has 0 fully saturated rings. The van der Waals surface area contributed by atoms with Gasteiger partial charge in [-0.2, -0.15) is 0 Å². The molecule has 92 valence electrons. The van der Waals surface area contributed by atoms with Crippen molar-refractivity contribution in [3.8, 4) is 0 Å². The van der Waals surface area contributed by atoms with E-state index in [0.29, 0.717) is 11.4 Å². The zero-order valence-corrected chi connectivity index (χ0v) is 10.7. The molecule has 0 unspecified atom stereocenters. The van der Waals surface area contributed by atoms with E-state index in [1.165, 1.54) is 12.1 Å². The monoisotopic (exact) mass is 281 g/mol. The van der Waals surface area contributed by atoms with E-state index < -0.39 is 5.82 Å². The Morgan fingerprint density at radius 1 is 1.33 bits per heavy atom. The number of nitrogens with one attached hydrogen (secondary N) is 1. The summed E-state index contributed by atoms with van der Waals surface area (Å²) in [4.78, 5) is 4.25. The first-order chi connectivity index (χ1) is 8.59. The van der Waals surface area contributed by atoms with E-state index in [1.54, 1.807) is 24.4 Å². The summed E-state index contributed by atoms with van der Waals surface area (Å²) < 4.78 is 13.6. The molecule has 0 aliphatic carbocycles. The Kier molecular flexibility index (Phi) is 3.74. The molecule has 0 aliphatic rings. The lowest BCUT2D eigenvalue weighted by Gasteiger charge is -2.11. The summed E-state index contributed by atoms with van der Waals surface area (Å²) in [5, 5.41) is 3.06. The highest BCUT2D eigenvalue weighted by Gasteiger charge is 2.11. The van der Waals surface area contributed by atoms with Crippen molar-refractivity contribution in [3.05, 3.63) is 52.9 Å². The van der Waals surface area contributed by atoms with Crippen LogP contribution in [-0.2, 0) is 0 Å². The van der Waals surface area contributed by atoms with E-state index in [9.17, 15) is 4.39 Å². The molecule has 0 spiro atoms. The number of nitrogens with zero attached hydrogens (tertiary/aromatic N) is 1. The fourth-order valence-corrected chi connectivity index (χ4v) is 1.81. The maximum Gasteiger partial charge on any atom is 0.148 e. The predicted molar refractivity (Wildman–Crippen MR) is 74.8 cm³/mol. The molecular formula is C12H9ClFN3S. The molecule has 0 aliphatic heterocycles. The normalized spacial score (nSPS) is 10.1. The van der Waals surface area contributed by atoms with Crippen molar-refractivity contribution in [3.63, 3.8) is 0 Å². The molecule has 0 saturated carbocycles. The number of pyridine rings is 1. The zero-order valence-electron chi connectivity index (χ0n) is 9.15. The molecule has 6 heteroatoms. The fourth-order valence-electron chi connectivity index (χ4n) is 1.44. The second-order valence-electron chi connectivity index (χ2n) is 3.49. The van der Waals surface area contributed by atoms with Crippen molar-refractivity contribution >= 4 is 40.3 Å².